The zero-order chi connectivity index (χ0) is 16.8. The fourth-order valence-corrected chi connectivity index (χ4v) is 5.03. The van der Waals surface area contributed by atoms with Crippen LogP contribution in [0.4, 0.5) is 0 Å². The lowest BCUT2D eigenvalue weighted by molar-refractivity contribution is -0.142. The Kier molecular flexibility index (Phi) is 4.07. The average Bonchev–Trinajstić information content (AvgIpc) is 3.09. The van der Waals surface area contributed by atoms with Crippen LogP contribution >= 0.6 is 11.8 Å². The minimum absolute atomic E-state index is 0.0557. The second-order valence-electron chi connectivity index (χ2n) is 7.55. The summed E-state index contributed by atoms with van der Waals surface area (Å²) in [6.07, 6.45) is 2.15. The van der Waals surface area contributed by atoms with Gasteiger partial charge in [-0.15, -0.1) is 0 Å². The van der Waals surface area contributed by atoms with Crippen molar-refractivity contribution in [2.24, 2.45) is 10.9 Å². The number of benzene rings is 1. The van der Waals surface area contributed by atoms with Gasteiger partial charge in [0.05, 0.1) is 16.9 Å². The lowest BCUT2D eigenvalue weighted by Gasteiger charge is -2.19. The van der Waals surface area contributed by atoms with Gasteiger partial charge in [0.1, 0.15) is 0 Å². The summed E-state index contributed by atoms with van der Waals surface area (Å²) in [5, 5.41) is 0.983. The third kappa shape index (κ3) is 2.82. The van der Waals surface area contributed by atoms with Crippen LogP contribution in [-0.2, 0) is 14.9 Å². The summed E-state index contributed by atoms with van der Waals surface area (Å²) in [4.78, 5) is 16.9. The summed E-state index contributed by atoms with van der Waals surface area (Å²) in [6, 6.07) is 8.24. The highest BCUT2D eigenvalue weighted by Gasteiger charge is 2.65. The molecule has 2 aliphatic rings. The normalized spacial score (nSPS) is 29.5. The van der Waals surface area contributed by atoms with E-state index in [1.165, 1.54) is 12.7 Å². The van der Waals surface area contributed by atoms with Crippen molar-refractivity contribution in [2.45, 2.75) is 56.7 Å². The maximum Gasteiger partial charge on any atom is 0.332 e. The van der Waals surface area contributed by atoms with Crippen LogP contribution in [0.15, 0.2) is 29.3 Å². The van der Waals surface area contributed by atoms with E-state index in [9.17, 15) is 4.79 Å². The predicted octanol–water partition coefficient (Wildman–Crippen LogP) is 4.19. The summed E-state index contributed by atoms with van der Waals surface area (Å²) in [7, 11) is 1.45. The maximum absolute atomic E-state index is 12.2. The summed E-state index contributed by atoms with van der Waals surface area (Å²) >= 11 is 1.78. The summed E-state index contributed by atoms with van der Waals surface area (Å²) in [6.45, 7) is 8.82. The highest BCUT2D eigenvalue weighted by molar-refractivity contribution is 8.16. The first-order chi connectivity index (χ1) is 10.8. The standard InChI is InChI=1S/C19H25NO2S/c1-6-13-11-19(13)15(17(21)22-5)20-16(23-19)12-7-9-14(10-8-12)18(2,3)4/h7-10,13,15H,6,11H2,1-5H3. The van der Waals surface area contributed by atoms with Crippen molar-refractivity contribution in [1.82, 2.24) is 0 Å². The summed E-state index contributed by atoms with van der Waals surface area (Å²) in [5.41, 5.74) is 2.56. The number of nitrogens with zero attached hydrogens (tertiary/aromatic N) is 1. The van der Waals surface area contributed by atoms with Gasteiger partial charge in [0.15, 0.2) is 6.04 Å². The Morgan fingerprint density at radius 1 is 1.35 bits per heavy atom. The first-order valence-electron chi connectivity index (χ1n) is 8.27. The number of esters is 1. The SMILES string of the molecule is CCC1CC12SC(c1ccc(C(C)(C)C)cc1)=NC2C(=O)OC. The first-order valence-corrected chi connectivity index (χ1v) is 9.09. The number of aliphatic imine (C=N–C) groups is 1. The van der Waals surface area contributed by atoms with Gasteiger partial charge in [-0.25, -0.2) is 4.79 Å². The van der Waals surface area contributed by atoms with Crippen molar-refractivity contribution in [3.8, 4) is 0 Å². The van der Waals surface area contributed by atoms with Crippen LogP contribution in [-0.4, -0.2) is 28.9 Å². The van der Waals surface area contributed by atoms with Crippen molar-refractivity contribution in [2.75, 3.05) is 7.11 Å². The van der Waals surface area contributed by atoms with Crippen LogP contribution in [0.3, 0.4) is 0 Å². The molecular weight excluding hydrogens is 306 g/mol. The van der Waals surface area contributed by atoms with Crippen molar-refractivity contribution >= 4 is 22.8 Å². The Hall–Kier alpha value is -1.29. The molecular formula is C19H25NO2S. The van der Waals surface area contributed by atoms with Gasteiger partial charge in [-0.1, -0.05) is 70.1 Å². The molecule has 23 heavy (non-hydrogen) atoms. The molecule has 0 amide bonds. The third-order valence-corrected chi connectivity index (χ3v) is 6.65. The van der Waals surface area contributed by atoms with Gasteiger partial charge in [0, 0.05) is 5.56 Å². The lowest BCUT2D eigenvalue weighted by atomic mass is 9.87. The second-order valence-corrected chi connectivity index (χ2v) is 8.90. The molecule has 1 aromatic carbocycles. The Labute approximate surface area is 142 Å². The topological polar surface area (TPSA) is 38.7 Å². The van der Waals surface area contributed by atoms with Crippen molar-refractivity contribution in [3.05, 3.63) is 35.4 Å². The Bertz CT molecular complexity index is 644. The van der Waals surface area contributed by atoms with Crippen molar-refractivity contribution in [3.63, 3.8) is 0 Å². The summed E-state index contributed by atoms with van der Waals surface area (Å²) < 4.78 is 4.94. The number of carbonyl (C=O) groups is 1. The zero-order valence-corrected chi connectivity index (χ0v) is 15.4. The number of hydrogen-bond donors (Lipinski definition) is 0. The highest BCUT2D eigenvalue weighted by atomic mass is 32.2. The van der Waals surface area contributed by atoms with Crippen molar-refractivity contribution < 1.29 is 9.53 Å². The fourth-order valence-electron chi connectivity index (χ4n) is 3.37. The van der Waals surface area contributed by atoms with Crippen LogP contribution in [0, 0.1) is 5.92 Å². The zero-order valence-electron chi connectivity index (χ0n) is 14.6. The van der Waals surface area contributed by atoms with Crippen LogP contribution in [0.1, 0.15) is 51.7 Å². The van der Waals surface area contributed by atoms with Gasteiger partial charge in [0.2, 0.25) is 0 Å². The molecule has 1 saturated carbocycles. The van der Waals surface area contributed by atoms with Gasteiger partial charge < -0.3 is 4.74 Å². The molecule has 1 aliphatic heterocycles. The average molecular weight is 331 g/mol. The Morgan fingerprint density at radius 2 is 2.00 bits per heavy atom. The van der Waals surface area contributed by atoms with E-state index < -0.39 is 0 Å². The van der Waals surface area contributed by atoms with E-state index >= 15 is 0 Å². The molecule has 0 saturated heterocycles. The number of ether oxygens (including phenoxy) is 1. The first kappa shape index (κ1) is 16.6. The molecule has 3 atom stereocenters. The molecule has 0 aromatic heterocycles. The van der Waals surface area contributed by atoms with Gasteiger partial charge in [0.25, 0.3) is 0 Å². The lowest BCUT2D eigenvalue weighted by Crippen LogP contribution is -2.31. The second kappa shape index (κ2) is 5.66. The van der Waals surface area contributed by atoms with Gasteiger partial charge in [-0.3, -0.25) is 4.99 Å². The Balaban J connectivity index is 1.87. The maximum atomic E-state index is 12.2. The van der Waals surface area contributed by atoms with E-state index in [1.807, 2.05) is 0 Å². The minimum atomic E-state index is -0.347. The number of carbonyl (C=O) groups excluding carboxylic acids is 1. The smallest absolute Gasteiger partial charge is 0.332 e. The fraction of sp³-hybridized carbons (Fsp3) is 0.579. The van der Waals surface area contributed by atoms with E-state index in [2.05, 4.69) is 52.0 Å². The van der Waals surface area contributed by atoms with E-state index in [1.54, 1.807) is 11.8 Å². The molecule has 1 aromatic rings. The molecule has 0 bridgehead atoms. The molecule has 1 aliphatic carbocycles. The highest BCUT2D eigenvalue weighted by Crippen LogP contribution is 2.63. The predicted molar refractivity (Wildman–Crippen MR) is 96.2 cm³/mol. The molecule has 124 valence electrons. The van der Waals surface area contributed by atoms with Crippen LogP contribution in [0.25, 0.3) is 0 Å². The summed E-state index contributed by atoms with van der Waals surface area (Å²) in [5.74, 6) is 0.362. The Morgan fingerprint density at radius 3 is 2.48 bits per heavy atom. The van der Waals surface area contributed by atoms with Gasteiger partial charge in [-0.05, 0) is 23.3 Å². The van der Waals surface area contributed by atoms with E-state index in [-0.39, 0.29) is 22.2 Å². The van der Waals surface area contributed by atoms with Crippen LogP contribution < -0.4 is 0 Å². The third-order valence-electron chi connectivity index (χ3n) is 5.01. The molecule has 1 heterocycles. The van der Waals surface area contributed by atoms with Crippen molar-refractivity contribution in [1.29, 1.82) is 0 Å². The molecule has 1 spiro atoms. The number of methoxy groups -OCH3 is 1. The molecule has 1 fully saturated rings. The molecule has 0 radical (unpaired) electrons. The van der Waals surface area contributed by atoms with Crippen LogP contribution in [0.5, 0.6) is 0 Å². The molecule has 4 heteroatoms. The molecule has 3 rings (SSSR count). The molecule has 0 N–H and O–H groups in total. The van der Waals surface area contributed by atoms with E-state index in [0.29, 0.717) is 5.92 Å². The molecule has 3 nitrogen and oxygen atoms in total. The van der Waals surface area contributed by atoms with Crippen LogP contribution in [0.2, 0.25) is 0 Å². The number of rotatable bonds is 3. The number of thioether (sulfide) groups is 1. The monoisotopic (exact) mass is 331 g/mol. The van der Waals surface area contributed by atoms with E-state index in [4.69, 9.17) is 9.73 Å². The molecule has 3 unspecified atom stereocenters. The van der Waals surface area contributed by atoms with E-state index in [0.717, 1.165) is 23.4 Å². The van der Waals surface area contributed by atoms with Gasteiger partial charge in [-0.2, -0.15) is 0 Å². The van der Waals surface area contributed by atoms with Gasteiger partial charge >= 0.3 is 5.97 Å². The minimum Gasteiger partial charge on any atom is -0.467 e. The number of hydrogen-bond acceptors (Lipinski definition) is 4. The quantitative estimate of drug-likeness (QED) is 0.780. The largest absolute Gasteiger partial charge is 0.467 e.